The van der Waals surface area contributed by atoms with Gasteiger partial charge in [-0.3, -0.25) is 19.2 Å². The number of likely N-dealkylation sites (tertiary alicyclic amines) is 2. The number of benzene rings is 4. The fraction of sp³-hybridized carbons (Fsp3) is 0.466. The highest BCUT2D eigenvalue weighted by atomic mass is 19.1. The molecule has 12 rings (SSSR count). The Kier molecular flexibility index (Phi) is 16.0. The normalized spacial score (nSPS) is 25.6. The van der Waals surface area contributed by atoms with Crippen LogP contribution in [-0.2, 0) is 52.7 Å². The first-order chi connectivity index (χ1) is 36.9. The molecule has 0 unspecified atom stereocenters. The lowest BCUT2D eigenvalue weighted by molar-refractivity contribution is -0.143. The number of hydrogen-bond donors (Lipinski definition) is 4. The third-order valence-electron chi connectivity index (χ3n) is 15.5. The van der Waals surface area contributed by atoms with E-state index in [0.29, 0.717) is 61.1 Å². The van der Waals surface area contributed by atoms with Gasteiger partial charge in [0, 0.05) is 60.9 Å². The van der Waals surface area contributed by atoms with E-state index < -0.39 is 41.7 Å². The molecule has 0 bridgehead atoms. The van der Waals surface area contributed by atoms with Gasteiger partial charge in [0.05, 0.1) is 12.1 Å². The van der Waals surface area contributed by atoms with E-state index in [0.717, 1.165) is 64.2 Å². The van der Waals surface area contributed by atoms with Gasteiger partial charge in [-0.1, -0.05) is 57.6 Å². The molecule has 8 amide bonds. The van der Waals surface area contributed by atoms with Crippen LogP contribution in [0.3, 0.4) is 0 Å². The second kappa shape index (κ2) is 22.7. The largest absolute Gasteiger partial charge is 0.427 e. The molecule has 8 aliphatic rings. The highest BCUT2D eigenvalue weighted by Crippen LogP contribution is 2.48. The minimum absolute atomic E-state index is 0. The van der Waals surface area contributed by atoms with E-state index >= 15 is 0 Å². The second-order valence-corrected chi connectivity index (χ2v) is 20.8. The molecule has 0 aromatic heterocycles. The summed E-state index contributed by atoms with van der Waals surface area (Å²) in [6.07, 6.45) is 7.50. The van der Waals surface area contributed by atoms with Crippen LogP contribution in [-0.4, -0.2) is 98.7 Å². The number of amides is 8. The van der Waals surface area contributed by atoms with Crippen molar-refractivity contribution >= 4 is 53.2 Å². The summed E-state index contributed by atoms with van der Waals surface area (Å²) in [5.41, 5.74) is 14.0. The van der Waals surface area contributed by atoms with Gasteiger partial charge in [0.2, 0.25) is 23.0 Å². The number of carbonyl (C=O) groups is 7. The number of fused-ring (bicyclic) bond motifs is 4. The van der Waals surface area contributed by atoms with Crippen molar-refractivity contribution in [3.8, 4) is 0 Å². The molecule has 4 aliphatic carbocycles. The average Bonchev–Trinajstić information content (AvgIpc) is 4.35. The number of nitrogens with one attached hydrogen (secondary N) is 2. The van der Waals surface area contributed by atoms with Crippen molar-refractivity contribution < 1.29 is 53.2 Å². The number of anilines is 2. The van der Waals surface area contributed by atoms with Gasteiger partial charge in [0.25, 0.3) is 11.8 Å². The minimum Gasteiger partial charge on any atom is -0.427 e. The molecule has 0 radical (unpaired) electrons. The van der Waals surface area contributed by atoms with E-state index in [4.69, 9.17) is 22.3 Å². The number of rotatable bonds is 8. The van der Waals surface area contributed by atoms with E-state index in [1.165, 1.54) is 37.1 Å². The van der Waals surface area contributed by atoms with Crippen molar-refractivity contribution in [3.63, 3.8) is 0 Å². The zero-order valence-electron chi connectivity index (χ0n) is 44.0. The Labute approximate surface area is 449 Å². The van der Waals surface area contributed by atoms with Crippen molar-refractivity contribution in [1.82, 2.24) is 24.9 Å². The van der Waals surface area contributed by atoms with E-state index in [2.05, 4.69) is 10.6 Å². The van der Waals surface area contributed by atoms with Crippen molar-refractivity contribution in [2.45, 2.75) is 160 Å². The number of ether oxygens (including phenoxy) is 2. The summed E-state index contributed by atoms with van der Waals surface area (Å²) >= 11 is 0. The van der Waals surface area contributed by atoms with Crippen LogP contribution >= 0.6 is 0 Å². The Balaban J connectivity index is 0.000000183. The fourth-order valence-corrected chi connectivity index (χ4v) is 11.3. The van der Waals surface area contributed by atoms with Crippen LogP contribution in [0.4, 0.5) is 34.5 Å². The maximum absolute atomic E-state index is 13.6. The topological polar surface area (TPSA) is 227 Å². The van der Waals surface area contributed by atoms with Gasteiger partial charge in [-0.05, 0) is 149 Å². The van der Waals surface area contributed by atoms with E-state index in [1.54, 1.807) is 77.4 Å². The number of nitrogens with two attached hydrogens (primary N) is 2. The van der Waals surface area contributed by atoms with Gasteiger partial charge in [0.15, 0.2) is 0 Å². The Bertz CT molecular complexity index is 2940. The summed E-state index contributed by atoms with van der Waals surface area (Å²) in [4.78, 5) is 96.6. The Hall–Kier alpha value is -7.41. The zero-order valence-corrected chi connectivity index (χ0v) is 43.0. The molecule has 6 fully saturated rings. The molecule has 77 heavy (non-hydrogen) atoms. The SMILES string of the molecule is C.C[C@H]1CC[C@@H](c2ccc(F)cc2)N1C(=O)CN1C(=O)O[C@@]2(CCc3cc(N)ccc32)C1=O.C[C@H]1CC[C@@H](c2ccc(F)cc2)N1C(=O)CN1C(=O)O[C@@]2(CCc3cc(NC(=O)NC4CC4)ccc32)C1=O.NC1CC1.[2H]CC. The first kappa shape index (κ1) is 54.4. The number of imide groups is 2. The monoisotopic (exact) mass is 1060 g/mol. The number of nitrogen functional groups attached to an aromatic ring is 1. The zero-order chi connectivity index (χ0) is 54.9. The molecule has 4 aliphatic heterocycles. The fourth-order valence-electron chi connectivity index (χ4n) is 11.3. The molecule has 6 N–H and O–H groups in total. The number of nitrogens with zero attached hydrogens (tertiary/aromatic N) is 4. The smallest absolute Gasteiger partial charge is 0.418 e. The summed E-state index contributed by atoms with van der Waals surface area (Å²) in [6, 6.07) is 22.4. The molecule has 6 atom stereocenters. The van der Waals surface area contributed by atoms with Crippen molar-refractivity contribution in [2.75, 3.05) is 24.1 Å². The van der Waals surface area contributed by atoms with Gasteiger partial charge in [-0.25, -0.2) is 33.0 Å². The summed E-state index contributed by atoms with van der Waals surface area (Å²) in [7, 11) is 0. The van der Waals surface area contributed by atoms with Crippen LogP contribution in [0.15, 0.2) is 84.9 Å². The predicted octanol–water partition coefficient (Wildman–Crippen LogP) is 9.03. The minimum atomic E-state index is -1.46. The predicted molar refractivity (Wildman–Crippen MR) is 284 cm³/mol. The molecule has 2 saturated carbocycles. The lowest BCUT2D eigenvalue weighted by Crippen LogP contribution is -2.46. The summed E-state index contributed by atoms with van der Waals surface area (Å²) in [5, 5.41) is 5.67. The van der Waals surface area contributed by atoms with Crippen molar-refractivity contribution in [3.05, 3.63) is 130 Å². The van der Waals surface area contributed by atoms with E-state index in [1.807, 2.05) is 13.8 Å². The molecule has 4 saturated heterocycles. The lowest BCUT2D eigenvalue weighted by Gasteiger charge is -2.30. The molecule has 4 heterocycles. The van der Waals surface area contributed by atoms with E-state index in [-0.39, 0.29) is 80.1 Å². The Morgan fingerprint density at radius 1 is 0.662 bits per heavy atom. The Morgan fingerprint density at radius 2 is 1.09 bits per heavy atom. The molecule has 2 spiro atoms. The first-order valence-corrected chi connectivity index (χ1v) is 26.2. The van der Waals surface area contributed by atoms with Crippen LogP contribution in [0.2, 0.25) is 0 Å². The summed E-state index contributed by atoms with van der Waals surface area (Å²) in [6.45, 7) is 5.35. The number of aryl methyl sites for hydroxylation is 2. The molecule has 4 aromatic carbocycles. The summed E-state index contributed by atoms with van der Waals surface area (Å²) < 4.78 is 44.3. The highest BCUT2D eigenvalue weighted by molar-refractivity contribution is 6.07. The van der Waals surface area contributed by atoms with Crippen LogP contribution in [0.25, 0.3) is 0 Å². The molecule has 410 valence electrons. The molecular weight excluding hydrogens is 991 g/mol. The number of halogens is 2. The van der Waals surface area contributed by atoms with Gasteiger partial charge >= 0.3 is 18.2 Å². The quantitative estimate of drug-likeness (QED) is 0.122. The molecule has 17 nitrogen and oxygen atoms in total. The Morgan fingerprint density at radius 3 is 1.52 bits per heavy atom. The number of urea groups is 1. The van der Waals surface area contributed by atoms with Crippen molar-refractivity contribution in [2.24, 2.45) is 5.73 Å². The third-order valence-corrected chi connectivity index (χ3v) is 15.5. The van der Waals surface area contributed by atoms with Crippen molar-refractivity contribution in [1.29, 1.82) is 0 Å². The third kappa shape index (κ3) is 11.2. The average molecular weight is 1060 g/mol. The number of carbonyl (C=O) groups excluding carboxylic acids is 7. The standard InChI is InChI=1S/C28H29FN4O5.C24H24FN3O4.C3H7N.C2H6.CH4/c1-16-2-11-23(17-3-5-19(29)6-4-17)33(16)24(34)15-32-25(35)28(38-27(32)37)13-12-18-14-21(9-10-22(18)28)31-26(36)30-20-7-8-20;1-14-2-9-20(15-3-5-17(25)6-4-15)28(14)21(29)13-27-22(30)24(32-23(27)31)11-10-16-12-18(26)7-8-19(16)24;4-3-1-2-3;1-2;/h3-6,9-10,14,16,20,23H,2,7-8,11-13,15H2,1H3,(H2,30,31,36);3-8,12,14,20H,2,9-11,13,26H2,1H3;3H,1-2,4H2;1-2H3;1H4/t16-,23-,28+;14-,20-,24+;;;/m00.../s1/i;;;1D;. The number of hydrogen-bond acceptors (Lipinski definition) is 11. The van der Waals surface area contributed by atoms with Gasteiger partial charge in [-0.15, -0.1) is 0 Å². The van der Waals surface area contributed by atoms with Crippen LogP contribution in [0.1, 0.15) is 146 Å². The second-order valence-electron chi connectivity index (χ2n) is 20.8. The van der Waals surface area contributed by atoms with E-state index in [9.17, 15) is 42.3 Å². The molecule has 19 heteroatoms. The maximum Gasteiger partial charge on any atom is 0.418 e. The molecule has 4 aromatic rings. The van der Waals surface area contributed by atoms with Crippen LogP contribution in [0, 0.1) is 11.6 Å². The van der Waals surface area contributed by atoms with Crippen LogP contribution in [0.5, 0.6) is 0 Å². The van der Waals surface area contributed by atoms with Gasteiger partial charge < -0.3 is 41.4 Å². The van der Waals surface area contributed by atoms with Gasteiger partial charge in [0.1, 0.15) is 24.7 Å². The lowest BCUT2D eigenvalue weighted by atomic mass is 9.94. The maximum atomic E-state index is 13.6. The van der Waals surface area contributed by atoms with Crippen LogP contribution < -0.4 is 22.1 Å². The first-order valence-electron chi connectivity index (χ1n) is 26.9. The summed E-state index contributed by atoms with van der Waals surface area (Å²) in [5.74, 6) is -2.44. The van der Waals surface area contributed by atoms with Gasteiger partial charge in [-0.2, -0.15) is 0 Å². The highest BCUT2D eigenvalue weighted by Gasteiger charge is 2.60. The molecular formula is C58H70F2N8O9.